The van der Waals surface area contributed by atoms with Crippen LogP contribution in [0.25, 0.3) is 0 Å². The topological polar surface area (TPSA) is 92.0 Å². The molecule has 0 saturated carbocycles. The molecule has 0 fully saturated rings. The predicted octanol–water partition coefficient (Wildman–Crippen LogP) is 1.61. The number of nitrogens with one attached hydrogen (secondary N) is 1. The van der Waals surface area contributed by atoms with Gasteiger partial charge in [-0.05, 0) is 31.9 Å². The second kappa shape index (κ2) is 8.31. The lowest BCUT2D eigenvalue weighted by Crippen LogP contribution is -2.46. The van der Waals surface area contributed by atoms with Gasteiger partial charge in [-0.25, -0.2) is 9.59 Å². The fourth-order valence-corrected chi connectivity index (χ4v) is 1.82. The van der Waals surface area contributed by atoms with E-state index in [0.29, 0.717) is 25.2 Å². The number of rotatable bonds is 8. The van der Waals surface area contributed by atoms with E-state index in [2.05, 4.69) is 5.32 Å². The molecule has 0 saturated heterocycles. The number of nitrogens with zero attached hydrogens (tertiary/aromatic N) is 1. The van der Waals surface area contributed by atoms with Crippen LogP contribution in [0.2, 0.25) is 0 Å². The Bertz CT molecular complexity index is 472. The molecule has 1 heterocycles. The van der Waals surface area contributed by atoms with Crippen molar-refractivity contribution in [2.75, 3.05) is 20.8 Å². The number of ether oxygens (including phenoxy) is 1. The molecule has 118 valence electrons. The zero-order chi connectivity index (χ0) is 15.8. The van der Waals surface area contributed by atoms with Gasteiger partial charge in [-0.2, -0.15) is 0 Å². The van der Waals surface area contributed by atoms with Gasteiger partial charge in [0, 0.05) is 20.8 Å². The molecule has 7 nitrogen and oxygen atoms in total. The highest BCUT2D eigenvalue weighted by Gasteiger charge is 2.21. The number of furan rings is 1. The van der Waals surface area contributed by atoms with Gasteiger partial charge in [0.15, 0.2) is 0 Å². The molecular weight excluding hydrogens is 276 g/mol. The summed E-state index contributed by atoms with van der Waals surface area (Å²) in [6.45, 7) is 2.56. The minimum Gasteiger partial charge on any atom is -0.480 e. The second-order valence-electron chi connectivity index (χ2n) is 4.84. The Hall–Kier alpha value is -2.02. The van der Waals surface area contributed by atoms with E-state index in [1.54, 1.807) is 20.2 Å². The van der Waals surface area contributed by atoms with E-state index in [1.807, 2.05) is 13.0 Å². The largest absolute Gasteiger partial charge is 0.480 e. The molecule has 0 aliphatic rings. The number of amides is 2. The molecule has 1 aromatic rings. The van der Waals surface area contributed by atoms with Crippen LogP contribution in [0.15, 0.2) is 16.5 Å². The van der Waals surface area contributed by atoms with Gasteiger partial charge in [0.05, 0.1) is 6.54 Å². The molecule has 1 unspecified atom stereocenters. The van der Waals surface area contributed by atoms with E-state index >= 15 is 0 Å². The van der Waals surface area contributed by atoms with Crippen molar-refractivity contribution in [3.8, 4) is 0 Å². The SMILES string of the molecule is COCCCC(NC(=O)N(C)Cc1ccc(C)o1)C(=O)O. The number of carboxylic acids is 1. The maximum Gasteiger partial charge on any atom is 0.326 e. The number of urea groups is 1. The van der Waals surface area contributed by atoms with Crippen molar-refractivity contribution in [1.82, 2.24) is 10.2 Å². The van der Waals surface area contributed by atoms with Crippen molar-refractivity contribution in [3.63, 3.8) is 0 Å². The van der Waals surface area contributed by atoms with Crippen molar-refractivity contribution in [2.45, 2.75) is 32.4 Å². The molecule has 21 heavy (non-hydrogen) atoms. The van der Waals surface area contributed by atoms with E-state index in [-0.39, 0.29) is 6.54 Å². The van der Waals surface area contributed by atoms with Crippen LogP contribution in [0.4, 0.5) is 4.79 Å². The molecule has 1 rings (SSSR count). The first-order chi connectivity index (χ1) is 9.93. The number of aryl methyl sites for hydroxylation is 1. The highest BCUT2D eigenvalue weighted by molar-refractivity contribution is 5.82. The first-order valence-electron chi connectivity index (χ1n) is 6.72. The highest BCUT2D eigenvalue weighted by atomic mass is 16.5. The summed E-state index contributed by atoms with van der Waals surface area (Å²) in [4.78, 5) is 24.5. The van der Waals surface area contributed by atoms with E-state index in [1.165, 1.54) is 4.90 Å². The van der Waals surface area contributed by atoms with Crippen molar-refractivity contribution >= 4 is 12.0 Å². The Labute approximate surface area is 123 Å². The number of methoxy groups -OCH3 is 1. The van der Waals surface area contributed by atoms with E-state index < -0.39 is 18.0 Å². The zero-order valence-corrected chi connectivity index (χ0v) is 12.6. The predicted molar refractivity (Wildman–Crippen MR) is 76.0 cm³/mol. The monoisotopic (exact) mass is 298 g/mol. The highest BCUT2D eigenvalue weighted by Crippen LogP contribution is 2.09. The Morgan fingerprint density at radius 3 is 2.71 bits per heavy atom. The maximum atomic E-state index is 12.0. The number of carbonyl (C=O) groups excluding carboxylic acids is 1. The fourth-order valence-electron chi connectivity index (χ4n) is 1.82. The average Bonchev–Trinajstić information content (AvgIpc) is 2.82. The van der Waals surface area contributed by atoms with Crippen LogP contribution in [0, 0.1) is 6.92 Å². The number of aliphatic carboxylic acids is 1. The summed E-state index contributed by atoms with van der Waals surface area (Å²) in [5, 5.41) is 11.6. The van der Waals surface area contributed by atoms with Crippen LogP contribution in [-0.2, 0) is 16.1 Å². The molecule has 0 aliphatic heterocycles. The third-order valence-corrected chi connectivity index (χ3v) is 2.97. The van der Waals surface area contributed by atoms with Crippen molar-refractivity contribution in [2.24, 2.45) is 0 Å². The summed E-state index contributed by atoms with van der Waals surface area (Å²) in [5.74, 6) is 0.361. The normalized spacial score (nSPS) is 12.0. The first-order valence-corrected chi connectivity index (χ1v) is 6.72. The molecule has 0 aromatic carbocycles. The number of carboxylic acid groups (broad SMARTS) is 1. The van der Waals surface area contributed by atoms with E-state index in [9.17, 15) is 9.59 Å². The van der Waals surface area contributed by atoms with Gasteiger partial charge >= 0.3 is 12.0 Å². The maximum absolute atomic E-state index is 12.0. The molecular formula is C14H22N2O5. The average molecular weight is 298 g/mol. The molecule has 1 atom stereocenters. The summed E-state index contributed by atoms with van der Waals surface area (Å²) in [6.07, 6.45) is 0.886. The van der Waals surface area contributed by atoms with Gasteiger partial charge in [0.1, 0.15) is 17.6 Å². The molecule has 0 bridgehead atoms. The van der Waals surface area contributed by atoms with Gasteiger partial charge < -0.3 is 24.5 Å². The van der Waals surface area contributed by atoms with Gasteiger partial charge in [-0.15, -0.1) is 0 Å². The minimum atomic E-state index is -1.05. The number of hydrogen-bond donors (Lipinski definition) is 2. The summed E-state index contributed by atoms with van der Waals surface area (Å²) < 4.78 is 10.3. The van der Waals surface area contributed by atoms with E-state index in [4.69, 9.17) is 14.3 Å². The number of carbonyl (C=O) groups is 2. The number of hydrogen-bond acceptors (Lipinski definition) is 4. The Balaban J connectivity index is 2.49. The minimum absolute atomic E-state index is 0.282. The lowest BCUT2D eigenvalue weighted by Gasteiger charge is -2.20. The van der Waals surface area contributed by atoms with Gasteiger partial charge in [0.2, 0.25) is 0 Å². The Morgan fingerprint density at radius 2 is 2.19 bits per heavy atom. The van der Waals surface area contributed by atoms with Gasteiger partial charge in [-0.1, -0.05) is 0 Å². The van der Waals surface area contributed by atoms with E-state index in [0.717, 1.165) is 5.76 Å². The molecule has 0 aliphatic carbocycles. The summed E-state index contributed by atoms with van der Waals surface area (Å²) in [7, 11) is 3.13. The van der Waals surface area contributed by atoms with Crippen LogP contribution in [-0.4, -0.2) is 48.8 Å². The standard InChI is InChI=1S/C14H22N2O5/c1-10-6-7-11(21-10)9-16(2)14(19)15-12(13(17)18)5-4-8-20-3/h6-7,12H,4-5,8-9H2,1-3H3,(H,15,19)(H,17,18). The van der Waals surface area contributed by atoms with Crippen molar-refractivity contribution in [3.05, 3.63) is 23.7 Å². The smallest absolute Gasteiger partial charge is 0.326 e. The zero-order valence-electron chi connectivity index (χ0n) is 12.6. The Morgan fingerprint density at radius 1 is 1.48 bits per heavy atom. The van der Waals surface area contributed by atoms with Crippen LogP contribution in [0.1, 0.15) is 24.4 Å². The van der Waals surface area contributed by atoms with Crippen LogP contribution in [0.5, 0.6) is 0 Å². The molecule has 2 amide bonds. The third kappa shape index (κ3) is 5.86. The summed E-state index contributed by atoms with van der Waals surface area (Å²) in [6, 6.07) is 2.22. The molecule has 0 radical (unpaired) electrons. The molecule has 2 N–H and O–H groups in total. The van der Waals surface area contributed by atoms with Crippen molar-refractivity contribution in [1.29, 1.82) is 0 Å². The van der Waals surface area contributed by atoms with Crippen LogP contribution >= 0.6 is 0 Å². The third-order valence-electron chi connectivity index (χ3n) is 2.97. The Kier molecular flexibility index (Phi) is 6.74. The van der Waals surface area contributed by atoms with Crippen LogP contribution < -0.4 is 5.32 Å². The van der Waals surface area contributed by atoms with Crippen LogP contribution in [0.3, 0.4) is 0 Å². The lowest BCUT2D eigenvalue weighted by atomic mass is 10.1. The quantitative estimate of drug-likeness (QED) is 0.711. The van der Waals surface area contributed by atoms with Crippen molar-refractivity contribution < 1.29 is 23.8 Å². The fraction of sp³-hybridized carbons (Fsp3) is 0.571. The molecule has 7 heteroatoms. The first kappa shape index (κ1) is 17.0. The second-order valence-corrected chi connectivity index (χ2v) is 4.84. The van der Waals surface area contributed by atoms with Gasteiger partial charge in [0.25, 0.3) is 0 Å². The molecule has 1 aromatic heterocycles. The molecule has 0 spiro atoms. The summed E-state index contributed by atoms with van der Waals surface area (Å²) in [5.41, 5.74) is 0. The summed E-state index contributed by atoms with van der Waals surface area (Å²) >= 11 is 0. The lowest BCUT2D eigenvalue weighted by molar-refractivity contribution is -0.139. The van der Waals surface area contributed by atoms with Gasteiger partial charge in [-0.3, -0.25) is 0 Å².